The lowest BCUT2D eigenvalue weighted by atomic mass is 9.71. The van der Waals surface area contributed by atoms with E-state index in [4.69, 9.17) is 32.8 Å². The molecule has 1 amide bonds. The maximum atomic E-state index is 12.7. The minimum absolute atomic E-state index is 0.191. The summed E-state index contributed by atoms with van der Waals surface area (Å²) in [5.74, 6) is 0.165. The first kappa shape index (κ1) is 27.1. The number of nitrogens with zero attached hydrogens (tertiary/aromatic N) is 3. The topological polar surface area (TPSA) is 62.3 Å². The zero-order valence-corrected chi connectivity index (χ0v) is 23.4. The molecular weight excluding hydrogens is 525 g/mol. The van der Waals surface area contributed by atoms with E-state index in [0.29, 0.717) is 40.9 Å². The van der Waals surface area contributed by atoms with Crippen LogP contribution in [0.4, 0.5) is 11.4 Å². The van der Waals surface area contributed by atoms with Crippen LogP contribution in [0.2, 0.25) is 10.0 Å². The number of unbranched alkanes of at least 4 members (excludes halogenated alkanes) is 1. The SMILES string of the molecule is CC1(C(=O)ON2C(=O)CCc3ccc(OCCCCN4CCN(c5cccc(Cl)c5Cl)CC4)cc32)CCC1. The maximum absolute atomic E-state index is 12.7. The number of carbonyl (C=O) groups is 2. The molecule has 2 aromatic rings. The quantitative estimate of drug-likeness (QED) is 0.356. The largest absolute Gasteiger partial charge is 0.494 e. The molecule has 3 aliphatic rings. The molecule has 0 bridgehead atoms. The van der Waals surface area contributed by atoms with Crippen LogP contribution < -0.4 is 14.7 Å². The van der Waals surface area contributed by atoms with Crippen LogP contribution >= 0.6 is 23.2 Å². The highest BCUT2D eigenvalue weighted by molar-refractivity contribution is 6.43. The second-order valence-corrected chi connectivity index (χ2v) is 11.5. The standard InChI is InChI=1S/C29H35Cl2N3O4/c1-29(12-5-13-29)28(36)38-34-25-20-22(10-8-21(25)9-11-26(34)35)37-19-3-2-14-32-15-17-33(18-16-32)24-7-4-6-23(30)27(24)31/h4,6-8,10,20H,2-3,5,9,11-19H2,1H3. The van der Waals surface area contributed by atoms with E-state index < -0.39 is 5.41 Å². The average molecular weight is 561 g/mol. The van der Waals surface area contributed by atoms with Gasteiger partial charge in [-0.25, -0.2) is 4.79 Å². The van der Waals surface area contributed by atoms with E-state index in [1.165, 1.54) is 5.06 Å². The summed E-state index contributed by atoms with van der Waals surface area (Å²) in [6, 6.07) is 11.5. The number of fused-ring (bicyclic) bond motifs is 1. The molecule has 0 unspecified atom stereocenters. The number of anilines is 2. The summed E-state index contributed by atoms with van der Waals surface area (Å²) in [6.07, 6.45) is 5.54. The molecule has 0 aromatic heterocycles. The molecule has 1 saturated heterocycles. The van der Waals surface area contributed by atoms with Crippen molar-refractivity contribution in [1.29, 1.82) is 0 Å². The first-order valence-electron chi connectivity index (χ1n) is 13.6. The number of amides is 1. The lowest BCUT2D eigenvalue weighted by molar-refractivity contribution is -0.165. The minimum Gasteiger partial charge on any atom is -0.494 e. The van der Waals surface area contributed by atoms with Gasteiger partial charge in [0.15, 0.2) is 0 Å². The van der Waals surface area contributed by atoms with Gasteiger partial charge in [0.25, 0.3) is 5.91 Å². The van der Waals surface area contributed by atoms with Gasteiger partial charge in [-0.3, -0.25) is 9.69 Å². The van der Waals surface area contributed by atoms with Gasteiger partial charge < -0.3 is 14.5 Å². The van der Waals surface area contributed by atoms with E-state index in [2.05, 4.69) is 9.80 Å². The van der Waals surface area contributed by atoms with Crippen molar-refractivity contribution in [3.63, 3.8) is 0 Å². The molecule has 1 aliphatic carbocycles. The molecule has 2 fully saturated rings. The third-order valence-corrected chi connectivity index (χ3v) is 8.82. The Labute approximate surface area is 234 Å². The number of hydrogen-bond donors (Lipinski definition) is 0. The summed E-state index contributed by atoms with van der Waals surface area (Å²) in [5, 5.41) is 2.41. The monoisotopic (exact) mass is 559 g/mol. The molecule has 7 nitrogen and oxygen atoms in total. The van der Waals surface area contributed by atoms with Crippen molar-refractivity contribution in [3.05, 3.63) is 52.0 Å². The van der Waals surface area contributed by atoms with E-state index >= 15 is 0 Å². The summed E-state index contributed by atoms with van der Waals surface area (Å²) in [7, 11) is 0. The fourth-order valence-corrected chi connectivity index (χ4v) is 5.71. The highest BCUT2D eigenvalue weighted by atomic mass is 35.5. The summed E-state index contributed by atoms with van der Waals surface area (Å²) < 4.78 is 6.02. The highest BCUT2D eigenvalue weighted by Crippen LogP contribution is 2.42. The van der Waals surface area contributed by atoms with E-state index in [0.717, 1.165) is 76.1 Å². The van der Waals surface area contributed by atoms with Crippen molar-refractivity contribution in [2.45, 2.75) is 51.9 Å². The highest BCUT2D eigenvalue weighted by Gasteiger charge is 2.43. The van der Waals surface area contributed by atoms with Gasteiger partial charge in [0.2, 0.25) is 0 Å². The van der Waals surface area contributed by atoms with Crippen LogP contribution in [0.1, 0.15) is 51.0 Å². The molecule has 0 N–H and O–H groups in total. The maximum Gasteiger partial charge on any atom is 0.338 e. The number of hydroxylamine groups is 1. The van der Waals surface area contributed by atoms with Crippen LogP contribution in [0.25, 0.3) is 0 Å². The Kier molecular flexibility index (Phi) is 8.36. The van der Waals surface area contributed by atoms with Gasteiger partial charge in [0.05, 0.1) is 33.4 Å². The molecule has 38 heavy (non-hydrogen) atoms. The number of benzene rings is 2. The molecule has 2 aliphatic heterocycles. The van der Waals surface area contributed by atoms with Gasteiger partial charge in [-0.1, -0.05) is 41.8 Å². The van der Waals surface area contributed by atoms with Crippen LogP contribution in [-0.4, -0.2) is 56.1 Å². The fraction of sp³-hybridized carbons (Fsp3) is 0.517. The summed E-state index contributed by atoms with van der Waals surface area (Å²) in [5.41, 5.74) is 2.12. The molecule has 0 atom stereocenters. The van der Waals surface area contributed by atoms with Crippen LogP contribution in [0.5, 0.6) is 5.75 Å². The smallest absolute Gasteiger partial charge is 0.338 e. The van der Waals surface area contributed by atoms with Crippen molar-refractivity contribution in [3.8, 4) is 5.75 Å². The van der Waals surface area contributed by atoms with Crippen LogP contribution in [0.3, 0.4) is 0 Å². The molecule has 1 saturated carbocycles. The number of piperazine rings is 1. The second-order valence-electron chi connectivity index (χ2n) is 10.7. The number of hydrogen-bond acceptors (Lipinski definition) is 6. The van der Waals surface area contributed by atoms with E-state index in [-0.39, 0.29) is 11.9 Å². The van der Waals surface area contributed by atoms with Crippen LogP contribution in [0.15, 0.2) is 36.4 Å². The normalized spacial score (nSPS) is 19.1. The van der Waals surface area contributed by atoms with Gasteiger partial charge in [0, 0.05) is 38.7 Å². The second kappa shape index (κ2) is 11.7. The average Bonchev–Trinajstić information content (AvgIpc) is 2.90. The number of rotatable bonds is 9. The minimum atomic E-state index is -0.485. The van der Waals surface area contributed by atoms with Gasteiger partial charge in [0.1, 0.15) is 5.75 Å². The van der Waals surface area contributed by atoms with Gasteiger partial charge in [-0.15, -0.1) is 5.06 Å². The van der Waals surface area contributed by atoms with E-state index in [9.17, 15) is 9.59 Å². The number of ether oxygens (including phenoxy) is 1. The fourth-order valence-electron chi connectivity index (χ4n) is 5.29. The molecule has 2 aromatic carbocycles. The molecule has 2 heterocycles. The van der Waals surface area contributed by atoms with Crippen molar-refractivity contribution >= 4 is 46.5 Å². The van der Waals surface area contributed by atoms with Gasteiger partial charge in [-0.2, -0.15) is 0 Å². The Morgan fingerprint density at radius 1 is 1.00 bits per heavy atom. The van der Waals surface area contributed by atoms with Gasteiger partial charge in [-0.05, 0) is 69.3 Å². The van der Waals surface area contributed by atoms with E-state index in [1.54, 1.807) is 0 Å². The Bertz CT molecular complexity index is 1180. The third kappa shape index (κ3) is 5.90. The Morgan fingerprint density at radius 3 is 2.53 bits per heavy atom. The molecular formula is C29H35Cl2N3O4. The molecule has 5 rings (SSSR count). The van der Waals surface area contributed by atoms with Crippen molar-refractivity contribution in [2.75, 3.05) is 49.3 Å². The number of halogens is 2. The Balaban J connectivity index is 1.07. The number of carbonyl (C=O) groups excluding carboxylic acids is 2. The lowest BCUT2D eigenvalue weighted by Crippen LogP contribution is -2.46. The Hall–Kier alpha value is -2.48. The number of aryl methyl sites for hydroxylation is 1. The van der Waals surface area contributed by atoms with Gasteiger partial charge >= 0.3 is 5.97 Å². The van der Waals surface area contributed by atoms with Crippen molar-refractivity contribution < 1.29 is 19.2 Å². The summed E-state index contributed by atoms with van der Waals surface area (Å²) in [6.45, 7) is 7.31. The molecule has 0 radical (unpaired) electrons. The lowest BCUT2D eigenvalue weighted by Gasteiger charge is -2.37. The first-order chi connectivity index (χ1) is 18.3. The zero-order valence-electron chi connectivity index (χ0n) is 21.9. The van der Waals surface area contributed by atoms with E-state index in [1.807, 2.05) is 43.3 Å². The Morgan fingerprint density at radius 2 is 1.79 bits per heavy atom. The van der Waals surface area contributed by atoms with Crippen molar-refractivity contribution in [2.24, 2.45) is 5.41 Å². The molecule has 204 valence electrons. The predicted molar refractivity (Wildman–Crippen MR) is 150 cm³/mol. The first-order valence-corrected chi connectivity index (χ1v) is 14.3. The van der Waals surface area contributed by atoms with Crippen molar-refractivity contribution in [1.82, 2.24) is 4.90 Å². The summed E-state index contributed by atoms with van der Waals surface area (Å²) in [4.78, 5) is 35.7. The zero-order chi connectivity index (χ0) is 26.7. The molecule has 0 spiro atoms. The van der Waals surface area contributed by atoms with Crippen LogP contribution in [-0.2, 0) is 20.8 Å². The third-order valence-electron chi connectivity index (χ3n) is 8.02. The molecule has 9 heteroatoms. The van der Waals surface area contributed by atoms with Crippen LogP contribution in [0, 0.1) is 5.41 Å². The predicted octanol–water partition coefficient (Wildman–Crippen LogP) is 5.90. The summed E-state index contributed by atoms with van der Waals surface area (Å²) >= 11 is 12.6.